The van der Waals surface area contributed by atoms with Crippen molar-refractivity contribution in [1.82, 2.24) is 5.32 Å². The summed E-state index contributed by atoms with van der Waals surface area (Å²) < 4.78 is 37.7. The highest BCUT2D eigenvalue weighted by Gasteiger charge is 2.38. The fraction of sp³-hybridized carbons (Fsp3) is 0.846. The Bertz CT molecular complexity index is 469. The summed E-state index contributed by atoms with van der Waals surface area (Å²) in [5, 5.41) is 5.58. The number of halogens is 3. The smallest absolute Gasteiger partial charge is 0.348 e. The number of amides is 1. The van der Waals surface area contributed by atoms with Crippen molar-refractivity contribution in [2.24, 2.45) is 11.0 Å². The number of alkyl halides is 3. The van der Waals surface area contributed by atoms with Gasteiger partial charge >= 0.3 is 12.1 Å². The Balaban J connectivity index is 2.12. The monoisotopic (exact) mass is 320 g/mol. The topological polar surface area (TPSA) is 80.9 Å². The van der Waals surface area contributed by atoms with Crippen LogP contribution in [-0.4, -0.2) is 42.6 Å². The molecule has 22 heavy (non-hydrogen) atoms. The number of nitrogens with one attached hydrogen (secondary N) is 1. The van der Waals surface area contributed by atoms with E-state index in [2.05, 4.69) is 10.0 Å². The molecule has 0 saturated carbocycles. The van der Waals surface area contributed by atoms with Crippen molar-refractivity contribution >= 4 is 11.7 Å². The molecule has 1 amide bonds. The second kappa shape index (κ2) is 8.63. The van der Waals surface area contributed by atoms with E-state index in [1.54, 1.807) is 0 Å². The van der Waals surface area contributed by atoms with Crippen LogP contribution in [-0.2, 0) is 4.79 Å². The Morgan fingerprint density at radius 3 is 2.73 bits per heavy atom. The molecule has 1 N–H and O–H groups in total. The van der Waals surface area contributed by atoms with E-state index in [0.717, 1.165) is 44.5 Å². The molecule has 0 bridgehead atoms. The zero-order valence-corrected chi connectivity index (χ0v) is 12.6. The van der Waals surface area contributed by atoms with Gasteiger partial charge in [0.05, 0.1) is 13.6 Å². The molecule has 1 aliphatic heterocycles. The number of hydrogen-bond donors (Lipinski definition) is 1. The molecule has 0 fully saturated rings. The lowest BCUT2D eigenvalue weighted by atomic mass is 9.98. The zero-order chi connectivity index (χ0) is 16.6. The average molecular weight is 320 g/mol. The summed E-state index contributed by atoms with van der Waals surface area (Å²) in [7, 11) is 1.90. The molecule has 0 aliphatic carbocycles. The molecule has 1 heterocycles. The van der Waals surface area contributed by atoms with Gasteiger partial charge in [0, 0.05) is 17.4 Å². The predicted octanol–water partition coefficient (Wildman–Crippen LogP) is 2.99. The molecule has 0 aromatic heterocycles. The van der Waals surface area contributed by atoms with Crippen LogP contribution >= 0.6 is 0 Å². The Morgan fingerprint density at radius 2 is 2.09 bits per heavy atom. The Kier molecular flexibility index (Phi) is 7.17. The molecule has 1 unspecified atom stereocenters. The summed E-state index contributed by atoms with van der Waals surface area (Å²) in [4.78, 5) is 13.4. The van der Waals surface area contributed by atoms with Crippen LogP contribution in [0.2, 0.25) is 0 Å². The SMILES string of the molecule is C[N+]1=C(N=[N+]=[N-])C(CCCCCCNC(=O)C(F)(F)F)CC1. The van der Waals surface area contributed by atoms with Gasteiger partial charge in [-0.1, -0.05) is 19.3 Å². The largest absolute Gasteiger partial charge is 0.471 e. The molecule has 6 nitrogen and oxygen atoms in total. The summed E-state index contributed by atoms with van der Waals surface area (Å²) >= 11 is 0. The molecule has 0 aromatic rings. The van der Waals surface area contributed by atoms with Crippen molar-refractivity contribution in [3.63, 3.8) is 0 Å². The molecule has 9 heteroatoms. The van der Waals surface area contributed by atoms with E-state index >= 15 is 0 Å². The quantitative estimate of drug-likeness (QED) is 0.253. The minimum atomic E-state index is -4.80. The van der Waals surface area contributed by atoms with Crippen LogP contribution in [0.1, 0.15) is 38.5 Å². The van der Waals surface area contributed by atoms with Gasteiger partial charge in [0.2, 0.25) is 0 Å². The van der Waals surface area contributed by atoms with Gasteiger partial charge in [0.15, 0.2) is 5.84 Å². The lowest BCUT2D eigenvalue weighted by Gasteiger charge is -2.09. The van der Waals surface area contributed by atoms with Crippen molar-refractivity contribution in [1.29, 1.82) is 0 Å². The fourth-order valence-electron chi connectivity index (χ4n) is 2.55. The van der Waals surface area contributed by atoms with E-state index in [4.69, 9.17) is 5.53 Å². The van der Waals surface area contributed by atoms with Crippen molar-refractivity contribution < 1.29 is 22.5 Å². The maximum absolute atomic E-state index is 11.9. The van der Waals surface area contributed by atoms with Crippen molar-refractivity contribution in [3.8, 4) is 0 Å². The molecule has 1 rings (SSSR count). The zero-order valence-electron chi connectivity index (χ0n) is 12.6. The summed E-state index contributed by atoms with van der Waals surface area (Å²) in [5.41, 5.74) is 8.53. The first-order valence-corrected chi connectivity index (χ1v) is 7.34. The van der Waals surface area contributed by atoms with Crippen LogP contribution in [0.25, 0.3) is 10.4 Å². The van der Waals surface area contributed by atoms with E-state index in [-0.39, 0.29) is 12.5 Å². The molecule has 0 aromatic carbocycles. The van der Waals surface area contributed by atoms with Gasteiger partial charge in [-0.05, 0) is 29.9 Å². The highest BCUT2D eigenvalue weighted by molar-refractivity contribution is 5.81. The van der Waals surface area contributed by atoms with E-state index in [0.29, 0.717) is 6.42 Å². The highest BCUT2D eigenvalue weighted by atomic mass is 19.4. The summed E-state index contributed by atoms with van der Waals surface area (Å²) in [6, 6.07) is 0. The Hall–Kier alpha value is -1.76. The van der Waals surface area contributed by atoms with Crippen LogP contribution < -0.4 is 5.32 Å². The van der Waals surface area contributed by atoms with Crippen molar-refractivity contribution in [2.45, 2.75) is 44.7 Å². The van der Waals surface area contributed by atoms with Crippen LogP contribution in [0.15, 0.2) is 5.11 Å². The van der Waals surface area contributed by atoms with Gasteiger partial charge in [-0.2, -0.15) is 13.2 Å². The van der Waals surface area contributed by atoms with Crippen LogP contribution in [0.4, 0.5) is 13.2 Å². The number of unbranched alkanes of at least 4 members (excludes halogenated alkanes) is 3. The number of rotatable bonds is 7. The lowest BCUT2D eigenvalue weighted by Crippen LogP contribution is -2.37. The van der Waals surface area contributed by atoms with E-state index in [9.17, 15) is 18.0 Å². The number of hydrogen-bond acceptors (Lipinski definition) is 2. The van der Waals surface area contributed by atoms with Crippen LogP contribution in [0.3, 0.4) is 0 Å². The number of nitrogens with zero attached hydrogens (tertiary/aromatic N) is 4. The summed E-state index contributed by atoms with van der Waals surface area (Å²) in [6.07, 6.45) is 0.167. The maximum atomic E-state index is 11.9. The predicted molar refractivity (Wildman–Crippen MR) is 75.5 cm³/mol. The molecule has 0 radical (unpaired) electrons. The number of carbonyl (C=O) groups is 1. The molecular weight excluding hydrogens is 299 g/mol. The van der Waals surface area contributed by atoms with Gasteiger partial charge in [0.1, 0.15) is 0 Å². The van der Waals surface area contributed by atoms with Crippen LogP contribution in [0.5, 0.6) is 0 Å². The highest BCUT2D eigenvalue weighted by Crippen LogP contribution is 2.21. The minimum Gasteiger partial charge on any atom is -0.348 e. The van der Waals surface area contributed by atoms with Gasteiger partial charge in [-0.15, -0.1) is 0 Å². The third-order valence-electron chi connectivity index (χ3n) is 3.74. The second-order valence-electron chi connectivity index (χ2n) is 5.41. The fourth-order valence-corrected chi connectivity index (χ4v) is 2.55. The van der Waals surface area contributed by atoms with E-state index in [1.165, 1.54) is 0 Å². The van der Waals surface area contributed by atoms with Gasteiger partial charge in [-0.25, -0.2) is 0 Å². The van der Waals surface area contributed by atoms with Crippen molar-refractivity contribution in [2.75, 3.05) is 20.1 Å². The van der Waals surface area contributed by atoms with Crippen LogP contribution in [0, 0.1) is 5.92 Å². The first-order chi connectivity index (χ1) is 10.4. The van der Waals surface area contributed by atoms with E-state index < -0.39 is 12.1 Å². The summed E-state index contributed by atoms with van der Waals surface area (Å²) in [6.45, 7) is 0.920. The summed E-state index contributed by atoms with van der Waals surface area (Å²) in [5.74, 6) is -0.833. The molecule has 1 aliphatic rings. The normalized spacial score (nSPS) is 18.3. The third-order valence-corrected chi connectivity index (χ3v) is 3.74. The molecule has 124 valence electrons. The second-order valence-corrected chi connectivity index (χ2v) is 5.41. The maximum Gasteiger partial charge on any atom is 0.471 e. The standard InChI is InChI=1S/C13H20F3N5O/c1-21-9-7-10(11(21)19-20-17)6-4-2-3-5-8-18-12(22)13(14,15)16/h10H,2-9H2,1H3/p+1. The molecule has 0 spiro atoms. The van der Waals surface area contributed by atoms with Crippen molar-refractivity contribution in [3.05, 3.63) is 10.4 Å². The third kappa shape index (κ3) is 5.93. The lowest BCUT2D eigenvalue weighted by molar-refractivity contribution is -0.489. The Labute approximate surface area is 127 Å². The first kappa shape index (κ1) is 18.3. The molecule has 1 atom stereocenters. The first-order valence-electron chi connectivity index (χ1n) is 7.34. The number of carbonyl (C=O) groups excluding carboxylic acids is 1. The number of amidine groups is 1. The molecular formula is C13H21F3N5O+. The Morgan fingerprint density at radius 1 is 1.41 bits per heavy atom. The van der Waals surface area contributed by atoms with Gasteiger partial charge in [-0.3, -0.25) is 9.37 Å². The van der Waals surface area contributed by atoms with Gasteiger partial charge < -0.3 is 5.32 Å². The number of azide groups is 1. The molecule has 0 saturated heterocycles. The van der Waals surface area contributed by atoms with E-state index in [1.807, 2.05) is 16.9 Å². The average Bonchev–Trinajstić information content (AvgIpc) is 2.78. The van der Waals surface area contributed by atoms with Gasteiger partial charge in [0.25, 0.3) is 0 Å². The minimum absolute atomic E-state index is 0.0423.